The van der Waals surface area contributed by atoms with Crippen LogP contribution < -0.4 is 11.1 Å². The van der Waals surface area contributed by atoms with Gasteiger partial charge in [0, 0.05) is 5.69 Å². The summed E-state index contributed by atoms with van der Waals surface area (Å²) in [5.74, 6) is -0.157. The third-order valence-corrected chi connectivity index (χ3v) is 4.46. The van der Waals surface area contributed by atoms with Gasteiger partial charge in [0.2, 0.25) is 5.91 Å². The van der Waals surface area contributed by atoms with E-state index in [1.165, 1.54) is 6.42 Å². The number of nitrogens with one attached hydrogen (secondary N) is 2. The van der Waals surface area contributed by atoms with Crippen LogP contribution in [0.2, 0.25) is 0 Å². The second kappa shape index (κ2) is 8.15. The number of rotatable bonds is 7. The van der Waals surface area contributed by atoms with Crippen LogP contribution in [-0.4, -0.2) is 41.3 Å². The molecule has 6 heteroatoms. The highest BCUT2D eigenvalue weighted by Gasteiger charge is 2.21. The van der Waals surface area contributed by atoms with Crippen molar-refractivity contribution in [2.24, 2.45) is 5.73 Å². The van der Waals surface area contributed by atoms with Crippen molar-refractivity contribution in [1.82, 2.24) is 9.88 Å². The van der Waals surface area contributed by atoms with Gasteiger partial charge in [-0.15, -0.1) is 0 Å². The Morgan fingerprint density at radius 2 is 1.96 bits per heavy atom. The first-order valence-electron chi connectivity index (χ1n) is 8.56. The first kappa shape index (κ1) is 17.5. The quantitative estimate of drug-likeness (QED) is 0.719. The number of aromatic nitrogens is 1. The number of aromatic amines is 1. The summed E-state index contributed by atoms with van der Waals surface area (Å²) in [5, 5.41) is 2.84. The van der Waals surface area contributed by atoms with Gasteiger partial charge in [-0.2, -0.15) is 0 Å². The van der Waals surface area contributed by atoms with Crippen LogP contribution in [0.3, 0.4) is 0 Å². The fourth-order valence-corrected chi connectivity index (χ4v) is 3.15. The second-order valence-electron chi connectivity index (χ2n) is 6.33. The monoisotopic (exact) mass is 320 g/mol. The highest BCUT2D eigenvalue weighted by Crippen LogP contribution is 2.24. The number of aryl methyl sites for hydroxylation is 1. The lowest BCUT2D eigenvalue weighted by Gasteiger charge is -2.25. The van der Waals surface area contributed by atoms with Gasteiger partial charge in [-0.3, -0.25) is 14.5 Å². The predicted octanol–water partition coefficient (Wildman–Crippen LogP) is 2.19. The number of nitrogens with zero attached hydrogens (tertiary/aromatic N) is 1. The molecule has 2 heterocycles. The molecule has 1 fully saturated rings. The van der Waals surface area contributed by atoms with Crippen molar-refractivity contribution in [3.05, 3.63) is 16.8 Å². The molecule has 1 aliphatic heterocycles. The second-order valence-corrected chi connectivity index (χ2v) is 6.33. The highest BCUT2D eigenvalue weighted by molar-refractivity contribution is 6.04. The SMILES string of the molecule is CCCCc1[nH]c(NC(=O)CN2CCCCC2)c(C(N)=O)c1C. The summed E-state index contributed by atoms with van der Waals surface area (Å²) in [6.07, 6.45) is 6.47. The summed E-state index contributed by atoms with van der Waals surface area (Å²) in [5.41, 5.74) is 7.73. The number of primary amides is 1. The number of amides is 2. The molecular formula is C17H28N4O2. The minimum Gasteiger partial charge on any atom is -0.365 e. The summed E-state index contributed by atoms with van der Waals surface area (Å²) < 4.78 is 0. The number of carbonyl (C=O) groups is 2. The number of unbranched alkanes of at least 4 members (excludes halogenated alkanes) is 1. The smallest absolute Gasteiger partial charge is 0.252 e. The minimum absolute atomic E-state index is 0.0994. The number of H-pyrrole nitrogens is 1. The van der Waals surface area contributed by atoms with Crippen LogP contribution >= 0.6 is 0 Å². The predicted molar refractivity (Wildman–Crippen MR) is 91.6 cm³/mol. The van der Waals surface area contributed by atoms with Gasteiger partial charge in [0.15, 0.2) is 0 Å². The number of carbonyl (C=O) groups excluding carboxylic acids is 2. The van der Waals surface area contributed by atoms with E-state index in [4.69, 9.17) is 5.73 Å². The maximum absolute atomic E-state index is 12.3. The summed E-state index contributed by atoms with van der Waals surface area (Å²) in [4.78, 5) is 29.3. The Morgan fingerprint density at radius 1 is 1.26 bits per heavy atom. The van der Waals surface area contributed by atoms with Gasteiger partial charge in [-0.25, -0.2) is 0 Å². The molecule has 1 aromatic rings. The highest BCUT2D eigenvalue weighted by atomic mass is 16.2. The molecule has 2 rings (SSSR count). The number of anilines is 1. The molecule has 128 valence electrons. The van der Waals surface area contributed by atoms with Crippen LogP contribution in [0.4, 0.5) is 5.82 Å². The van der Waals surface area contributed by atoms with E-state index < -0.39 is 5.91 Å². The van der Waals surface area contributed by atoms with Crippen LogP contribution in [0.25, 0.3) is 0 Å². The van der Waals surface area contributed by atoms with Crippen molar-refractivity contribution >= 4 is 17.6 Å². The molecule has 2 amide bonds. The van der Waals surface area contributed by atoms with Crippen molar-refractivity contribution < 1.29 is 9.59 Å². The molecule has 0 atom stereocenters. The molecule has 1 aliphatic rings. The summed E-state index contributed by atoms with van der Waals surface area (Å²) in [6, 6.07) is 0. The normalized spacial score (nSPS) is 15.6. The maximum Gasteiger partial charge on any atom is 0.252 e. The Bertz CT molecular complexity index is 559. The maximum atomic E-state index is 12.3. The van der Waals surface area contributed by atoms with Crippen molar-refractivity contribution in [2.75, 3.05) is 25.0 Å². The van der Waals surface area contributed by atoms with Crippen LogP contribution in [0.1, 0.15) is 60.6 Å². The lowest BCUT2D eigenvalue weighted by Crippen LogP contribution is -2.37. The zero-order valence-electron chi connectivity index (χ0n) is 14.2. The van der Waals surface area contributed by atoms with E-state index in [2.05, 4.69) is 22.1 Å². The molecule has 0 spiro atoms. The van der Waals surface area contributed by atoms with E-state index in [0.717, 1.165) is 56.5 Å². The lowest BCUT2D eigenvalue weighted by molar-refractivity contribution is -0.117. The topological polar surface area (TPSA) is 91.2 Å². The Morgan fingerprint density at radius 3 is 2.57 bits per heavy atom. The molecule has 0 saturated carbocycles. The van der Waals surface area contributed by atoms with Crippen molar-refractivity contribution in [3.63, 3.8) is 0 Å². The third-order valence-electron chi connectivity index (χ3n) is 4.46. The minimum atomic E-state index is -0.505. The molecule has 0 aliphatic carbocycles. The van der Waals surface area contributed by atoms with E-state index in [1.54, 1.807) is 0 Å². The fraction of sp³-hybridized carbons (Fsp3) is 0.647. The first-order valence-corrected chi connectivity index (χ1v) is 8.56. The lowest BCUT2D eigenvalue weighted by atomic mass is 10.1. The first-order chi connectivity index (χ1) is 11.0. The van der Waals surface area contributed by atoms with E-state index >= 15 is 0 Å². The van der Waals surface area contributed by atoms with Gasteiger partial charge in [0.1, 0.15) is 5.82 Å². The number of piperidine rings is 1. The number of hydrogen-bond acceptors (Lipinski definition) is 3. The van der Waals surface area contributed by atoms with E-state index in [9.17, 15) is 9.59 Å². The Labute approximate surface area is 137 Å². The molecule has 23 heavy (non-hydrogen) atoms. The van der Waals surface area contributed by atoms with E-state index in [1.807, 2.05) is 6.92 Å². The summed E-state index contributed by atoms with van der Waals surface area (Å²) >= 11 is 0. The standard InChI is InChI=1S/C17H28N4O2/c1-3-4-8-13-12(2)15(16(18)23)17(19-13)20-14(22)11-21-9-6-5-7-10-21/h19H,3-11H2,1-2H3,(H2,18,23)(H,20,22). The number of nitrogens with two attached hydrogens (primary N) is 1. The Kier molecular flexibility index (Phi) is 6.21. The van der Waals surface area contributed by atoms with Crippen LogP contribution in [0, 0.1) is 6.92 Å². The molecule has 0 bridgehead atoms. The van der Waals surface area contributed by atoms with Crippen molar-refractivity contribution in [2.45, 2.75) is 52.4 Å². The fourth-order valence-electron chi connectivity index (χ4n) is 3.15. The molecule has 6 nitrogen and oxygen atoms in total. The summed E-state index contributed by atoms with van der Waals surface area (Å²) in [7, 11) is 0. The van der Waals surface area contributed by atoms with Gasteiger partial charge in [-0.1, -0.05) is 19.8 Å². The Balaban J connectivity index is 2.07. The molecule has 0 aromatic carbocycles. The van der Waals surface area contributed by atoms with Crippen LogP contribution in [0.15, 0.2) is 0 Å². The average Bonchev–Trinajstić information content (AvgIpc) is 2.81. The zero-order valence-corrected chi connectivity index (χ0v) is 14.2. The number of hydrogen-bond donors (Lipinski definition) is 3. The van der Waals surface area contributed by atoms with E-state index in [0.29, 0.717) is 17.9 Å². The summed E-state index contributed by atoms with van der Waals surface area (Å²) in [6.45, 7) is 6.28. The van der Waals surface area contributed by atoms with Gasteiger partial charge in [0.05, 0.1) is 12.1 Å². The zero-order chi connectivity index (χ0) is 16.8. The molecule has 0 unspecified atom stereocenters. The molecule has 0 radical (unpaired) electrons. The largest absolute Gasteiger partial charge is 0.365 e. The third kappa shape index (κ3) is 4.58. The van der Waals surface area contributed by atoms with Crippen LogP contribution in [0.5, 0.6) is 0 Å². The van der Waals surface area contributed by atoms with Crippen molar-refractivity contribution in [1.29, 1.82) is 0 Å². The molecule has 1 saturated heterocycles. The van der Waals surface area contributed by atoms with Crippen molar-refractivity contribution in [3.8, 4) is 0 Å². The molecular weight excluding hydrogens is 292 g/mol. The Hall–Kier alpha value is -1.82. The number of likely N-dealkylation sites (tertiary alicyclic amines) is 1. The van der Waals surface area contributed by atoms with Crippen LogP contribution in [-0.2, 0) is 11.2 Å². The van der Waals surface area contributed by atoms with Gasteiger partial charge < -0.3 is 16.0 Å². The van der Waals surface area contributed by atoms with Gasteiger partial charge in [0.25, 0.3) is 5.91 Å². The van der Waals surface area contributed by atoms with Gasteiger partial charge >= 0.3 is 0 Å². The molecule has 4 N–H and O–H groups in total. The van der Waals surface area contributed by atoms with E-state index in [-0.39, 0.29) is 5.91 Å². The van der Waals surface area contributed by atoms with Gasteiger partial charge in [-0.05, 0) is 51.3 Å². The molecule has 1 aromatic heterocycles. The average molecular weight is 320 g/mol.